The van der Waals surface area contributed by atoms with E-state index in [0.717, 1.165) is 11.1 Å². The van der Waals surface area contributed by atoms with Crippen LogP contribution < -0.4 is 10.1 Å². The highest BCUT2D eigenvalue weighted by molar-refractivity contribution is 5.77. The number of carboxylic acids is 2. The van der Waals surface area contributed by atoms with E-state index < -0.39 is 24.0 Å². The van der Waals surface area contributed by atoms with E-state index in [1.165, 1.54) is 0 Å². The molecule has 6 heteroatoms. The van der Waals surface area contributed by atoms with Crippen molar-refractivity contribution in [3.63, 3.8) is 0 Å². The summed E-state index contributed by atoms with van der Waals surface area (Å²) in [7, 11) is 0. The van der Waals surface area contributed by atoms with Crippen LogP contribution in [-0.2, 0) is 22.6 Å². The fraction of sp³-hybridized carbons (Fsp3) is 0.364. The average molecular weight is 385 g/mol. The molecule has 2 rings (SSSR count). The SMILES string of the molecule is CC(C)CC(NC(Cc1ccc(OCc2ccccc2)cc1)C(=O)O)C(=O)O. The predicted octanol–water partition coefficient (Wildman–Crippen LogP) is 3.35. The lowest BCUT2D eigenvalue weighted by molar-refractivity contribution is -0.142. The molecule has 150 valence electrons. The fourth-order valence-corrected chi connectivity index (χ4v) is 2.87. The van der Waals surface area contributed by atoms with Crippen molar-refractivity contribution < 1.29 is 24.5 Å². The minimum absolute atomic E-state index is 0.143. The molecule has 3 N–H and O–H groups in total. The van der Waals surface area contributed by atoms with Gasteiger partial charge in [-0.25, -0.2) is 0 Å². The molecule has 2 aromatic carbocycles. The smallest absolute Gasteiger partial charge is 0.321 e. The molecule has 0 aliphatic carbocycles. The van der Waals surface area contributed by atoms with Crippen LogP contribution in [0.3, 0.4) is 0 Å². The normalized spacial score (nSPS) is 13.1. The zero-order valence-corrected chi connectivity index (χ0v) is 16.2. The molecule has 0 fully saturated rings. The lowest BCUT2D eigenvalue weighted by Crippen LogP contribution is -2.48. The maximum absolute atomic E-state index is 11.6. The van der Waals surface area contributed by atoms with Crippen molar-refractivity contribution in [2.45, 2.75) is 45.4 Å². The Morgan fingerprint density at radius 3 is 2.04 bits per heavy atom. The van der Waals surface area contributed by atoms with Crippen molar-refractivity contribution in [2.75, 3.05) is 0 Å². The van der Waals surface area contributed by atoms with Gasteiger partial charge in [-0.3, -0.25) is 14.9 Å². The van der Waals surface area contributed by atoms with Crippen LogP contribution in [0.2, 0.25) is 0 Å². The molecule has 28 heavy (non-hydrogen) atoms. The number of hydrogen-bond donors (Lipinski definition) is 3. The van der Waals surface area contributed by atoms with Crippen LogP contribution in [0.1, 0.15) is 31.4 Å². The molecule has 0 aromatic heterocycles. The Kier molecular flexibility index (Phi) is 8.02. The number of rotatable bonds is 11. The highest BCUT2D eigenvalue weighted by atomic mass is 16.5. The summed E-state index contributed by atoms with van der Waals surface area (Å²) in [5.74, 6) is -1.27. The van der Waals surface area contributed by atoms with E-state index in [-0.39, 0.29) is 12.3 Å². The minimum Gasteiger partial charge on any atom is -0.489 e. The topological polar surface area (TPSA) is 95.9 Å². The third-order valence-corrected chi connectivity index (χ3v) is 4.32. The summed E-state index contributed by atoms with van der Waals surface area (Å²) in [5, 5.41) is 21.6. The quantitative estimate of drug-likeness (QED) is 0.549. The molecule has 0 aliphatic heterocycles. The van der Waals surface area contributed by atoms with Crippen LogP contribution in [0.4, 0.5) is 0 Å². The van der Waals surface area contributed by atoms with Gasteiger partial charge in [0.2, 0.25) is 0 Å². The van der Waals surface area contributed by atoms with Gasteiger partial charge in [0.15, 0.2) is 0 Å². The van der Waals surface area contributed by atoms with Crippen LogP contribution >= 0.6 is 0 Å². The Labute approximate surface area is 165 Å². The minimum atomic E-state index is -1.07. The highest BCUT2D eigenvalue weighted by Crippen LogP contribution is 2.16. The summed E-state index contributed by atoms with van der Waals surface area (Å²) in [4.78, 5) is 23.0. The lowest BCUT2D eigenvalue weighted by Gasteiger charge is -2.22. The molecular formula is C22H27NO5. The first-order chi connectivity index (χ1) is 13.3. The van der Waals surface area contributed by atoms with Gasteiger partial charge in [0, 0.05) is 0 Å². The molecule has 0 bridgehead atoms. The average Bonchev–Trinajstić information content (AvgIpc) is 2.66. The number of benzene rings is 2. The standard InChI is InChI=1S/C22H27NO5/c1-15(2)12-19(21(24)25)23-20(22(26)27)13-16-8-10-18(11-9-16)28-14-17-6-4-3-5-7-17/h3-11,15,19-20,23H,12-14H2,1-2H3,(H,24,25)(H,26,27). The number of nitrogens with one attached hydrogen (secondary N) is 1. The van der Waals surface area contributed by atoms with Crippen LogP contribution in [0, 0.1) is 5.92 Å². The summed E-state index contributed by atoms with van der Waals surface area (Å²) in [6.07, 6.45) is 0.557. The second-order valence-electron chi connectivity index (χ2n) is 7.20. The molecule has 2 atom stereocenters. The molecule has 0 amide bonds. The summed E-state index contributed by atoms with van der Waals surface area (Å²) in [6, 6.07) is 15.1. The molecule has 0 saturated carbocycles. The second kappa shape index (κ2) is 10.5. The number of ether oxygens (including phenoxy) is 1. The van der Waals surface area contributed by atoms with Gasteiger partial charge >= 0.3 is 11.9 Å². The van der Waals surface area contributed by atoms with Gasteiger partial charge in [0.1, 0.15) is 24.4 Å². The largest absolute Gasteiger partial charge is 0.489 e. The number of hydrogen-bond acceptors (Lipinski definition) is 4. The predicted molar refractivity (Wildman–Crippen MR) is 106 cm³/mol. The van der Waals surface area contributed by atoms with Crippen molar-refractivity contribution in [3.8, 4) is 5.75 Å². The van der Waals surface area contributed by atoms with Crippen LogP contribution in [0.5, 0.6) is 5.75 Å². The van der Waals surface area contributed by atoms with Gasteiger partial charge in [0.05, 0.1) is 0 Å². The van der Waals surface area contributed by atoms with E-state index in [0.29, 0.717) is 18.8 Å². The summed E-state index contributed by atoms with van der Waals surface area (Å²) < 4.78 is 5.73. The molecule has 0 spiro atoms. The Morgan fingerprint density at radius 2 is 1.50 bits per heavy atom. The zero-order chi connectivity index (χ0) is 20.5. The zero-order valence-electron chi connectivity index (χ0n) is 16.2. The molecule has 6 nitrogen and oxygen atoms in total. The van der Waals surface area contributed by atoms with E-state index in [4.69, 9.17) is 4.74 Å². The van der Waals surface area contributed by atoms with Crippen molar-refractivity contribution in [2.24, 2.45) is 5.92 Å². The molecule has 0 radical (unpaired) electrons. The van der Waals surface area contributed by atoms with E-state index in [9.17, 15) is 19.8 Å². The van der Waals surface area contributed by atoms with Gasteiger partial charge in [-0.05, 0) is 42.0 Å². The van der Waals surface area contributed by atoms with Crippen molar-refractivity contribution >= 4 is 11.9 Å². The Morgan fingerprint density at radius 1 is 0.893 bits per heavy atom. The number of carboxylic acid groups (broad SMARTS) is 2. The third kappa shape index (κ3) is 7.04. The van der Waals surface area contributed by atoms with Gasteiger partial charge in [-0.15, -0.1) is 0 Å². The summed E-state index contributed by atoms with van der Waals surface area (Å²) in [6.45, 7) is 4.26. The first kappa shape index (κ1) is 21.4. The van der Waals surface area contributed by atoms with Crippen molar-refractivity contribution in [1.82, 2.24) is 5.32 Å². The number of carbonyl (C=O) groups is 2. The Balaban J connectivity index is 1.97. The van der Waals surface area contributed by atoms with Gasteiger partial charge < -0.3 is 14.9 Å². The van der Waals surface area contributed by atoms with Crippen LogP contribution in [0.25, 0.3) is 0 Å². The first-order valence-corrected chi connectivity index (χ1v) is 9.32. The third-order valence-electron chi connectivity index (χ3n) is 4.32. The Hall–Kier alpha value is -2.86. The van der Waals surface area contributed by atoms with E-state index in [1.807, 2.05) is 44.2 Å². The summed E-state index contributed by atoms with van der Waals surface area (Å²) in [5.41, 5.74) is 1.85. The maximum Gasteiger partial charge on any atom is 0.321 e. The van der Waals surface area contributed by atoms with Crippen LogP contribution in [0.15, 0.2) is 54.6 Å². The molecule has 0 saturated heterocycles. The van der Waals surface area contributed by atoms with E-state index in [2.05, 4.69) is 5.32 Å². The monoisotopic (exact) mass is 385 g/mol. The number of aliphatic carboxylic acids is 2. The van der Waals surface area contributed by atoms with E-state index >= 15 is 0 Å². The fourth-order valence-electron chi connectivity index (χ4n) is 2.87. The molecule has 2 unspecified atom stereocenters. The van der Waals surface area contributed by atoms with E-state index in [1.54, 1.807) is 24.3 Å². The van der Waals surface area contributed by atoms with Gasteiger partial charge in [0.25, 0.3) is 0 Å². The first-order valence-electron chi connectivity index (χ1n) is 9.32. The highest BCUT2D eigenvalue weighted by Gasteiger charge is 2.26. The lowest BCUT2D eigenvalue weighted by atomic mass is 10.0. The Bertz CT molecular complexity index is 758. The molecule has 2 aromatic rings. The molecule has 0 heterocycles. The second-order valence-corrected chi connectivity index (χ2v) is 7.20. The van der Waals surface area contributed by atoms with Gasteiger partial charge in [-0.2, -0.15) is 0 Å². The van der Waals surface area contributed by atoms with Gasteiger partial charge in [-0.1, -0.05) is 56.3 Å². The maximum atomic E-state index is 11.6. The van der Waals surface area contributed by atoms with Crippen molar-refractivity contribution in [3.05, 3.63) is 65.7 Å². The molecule has 0 aliphatic rings. The summed E-state index contributed by atoms with van der Waals surface area (Å²) >= 11 is 0. The van der Waals surface area contributed by atoms with Crippen LogP contribution in [-0.4, -0.2) is 34.2 Å². The molecular weight excluding hydrogens is 358 g/mol. The van der Waals surface area contributed by atoms with Crippen molar-refractivity contribution in [1.29, 1.82) is 0 Å².